The predicted octanol–water partition coefficient (Wildman–Crippen LogP) is 5.63. The maximum absolute atomic E-state index is 11.6. The highest BCUT2D eigenvalue weighted by Crippen LogP contribution is 2.47. The summed E-state index contributed by atoms with van der Waals surface area (Å²) in [5.41, 5.74) is 9.30. The number of hydrogen-bond donors (Lipinski definition) is 2. The van der Waals surface area contributed by atoms with Gasteiger partial charge < -0.3 is 9.79 Å². The molecule has 0 unspecified atom stereocenters. The molecule has 2 aliphatic rings. The Morgan fingerprint density at radius 1 is 0.931 bits per heavy atom. The maximum Gasteiger partial charge on any atom is 0.356 e. The molecule has 2 aromatic carbocycles. The molecule has 29 heavy (non-hydrogen) atoms. The molecule has 0 radical (unpaired) electrons. The van der Waals surface area contributed by atoms with Gasteiger partial charge in [-0.25, -0.2) is 0 Å². The van der Waals surface area contributed by atoms with Crippen molar-refractivity contribution in [3.63, 3.8) is 0 Å². The van der Waals surface area contributed by atoms with E-state index in [0.29, 0.717) is 0 Å². The third-order valence-corrected chi connectivity index (χ3v) is 7.95. The molecule has 0 amide bonds. The van der Waals surface area contributed by atoms with E-state index < -0.39 is 7.60 Å². The quantitative estimate of drug-likeness (QED) is 0.631. The molecule has 0 spiro atoms. The third kappa shape index (κ3) is 3.65. The van der Waals surface area contributed by atoms with Gasteiger partial charge in [0.25, 0.3) is 0 Å². The highest BCUT2D eigenvalue weighted by molar-refractivity contribution is 7.60. The van der Waals surface area contributed by atoms with Gasteiger partial charge in [0.1, 0.15) is 0 Å². The van der Waals surface area contributed by atoms with Crippen molar-refractivity contribution in [2.45, 2.75) is 71.1 Å². The zero-order valence-electron chi connectivity index (χ0n) is 18.0. The molecule has 0 aliphatic heterocycles. The topological polar surface area (TPSA) is 57.5 Å². The van der Waals surface area contributed by atoms with Gasteiger partial charge in [-0.3, -0.25) is 4.57 Å². The average Bonchev–Trinajstić information content (AvgIpc) is 3.02. The second kappa shape index (κ2) is 6.67. The molecule has 4 heteroatoms. The Labute approximate surface area is 174 Å². The van der Waals surface area contributed by atoms with E-state index in [2.05, 4.69) is 52.8 Å². The molecule has 0 saturated carbocycles. The molecule has 2 aromatic rings. The number of hydrogen-bond acceptors (Lipinski definition) is 1. The molecule has 0 bridgehead atoms. The van der Waals surface area contributed by atoms with Gasteiger partial charge >= 0.3 is 7.60 Å². The van der Waals surface area contributed by atoms with Crippen molar-refractivity contribution < 1.29 is 14.4 Å². The lowest BCUT2D eigenvalue weighted by molar-refractivity contribution is 0.331. The van der Waals surface area contributed by atoms with Crippen LogP contribution in [0.5, 0.6) is 0 Å². The first-order valence-corrected chi connectivity index (χ1v) is 12.1. The Balaban J connectivity index is 1.79. The lowest BCUT2D eigenvalue weighted by Crippen LogP contribution is -2.34. The summed E-state index contributed by atoms with van der Waals surface area (Å²) in [6, 6.07) is 9.91. The van der Waals surface area contributed by atoms with Crippen LogP contribution in [0.15, 0.2) is 30.3 Å². The van der Waals surface area contributed by atoms with E-state index in [1.807, 2.05) is 6.07 Å². The number of benzene rings is 2. The monoisotopic (exact) mass is 410 g/mol. The van der Waals surface area contributed by atoms with E-state index >= 15 is 0 Å². The first-order valence-electron chi connectivity index (χ1n) is 10.4. The summed E-state index contributed by atoms with van der Waals surface area (Å²) in [4.78, 5) is 18.9. The standard InChI is InChI=1S/C25H31O3P/c1-16-12-22-23(25(4,5)11-10-24(22,2)3)15-19(16)13-17-6-7-18-14-20(29(26,27)28)8-9-21(17)18/h8-9,12-15H,6-7,10-11H2,1-5H3,(H2,26,27,28)/b17-13+. The van der Waals surface area contributed by atoms with Gasteiger partial charge in [-0.05, 0) is 94.5 Å². The Bertz CT molecular complexity index is 1070. The summed E-state index contributed by atoms with van der Waals surface area (Å²) < 4.78 is 11.6. The van der Waals surface area contributed by atoms with E-state index in [1.54, 1.807) is 12.1 Å². The van der Waals surface area contributed by atoms with Gasteiger partial charge in [0.15, 0.2) is 0 Å². The van der Waals surface area contributed by atoms with Crippen molar-refractivity contribution in [2.75, 3.05) is 0 Å². The summed E-state index contributed by atoms with van der Waals surface area (Å²) in [6.07, 6.45) is 6.43. The van der Waals surface area contributed by atoms with Crippen molar-refractivity contribution >= 4 is 24.5 Å². The third-order valence-electron chi connectivity index (χ3n) is 7.00. The smallest absolute Gasteiger partial charge is 0.321 e. The number of aryl methyl sites for hydroxylation is 2. The second-order valence-corrected chi connectivity index (χ2v) is 11.7. The van der Waals surface area contributed by atoms with Gasteiger partial charge in [-0.15, -0.1) is 0 Å². The normalized spacial score (nSPS) is 21.1. The second-order valence-electron chi connectivity index (χ2n) is 10.1. The maximum atomic E-state index is 11.6. The highest BCUT2D eigenvalue weighted by atomic mass is 31.2. The molecule has 3 nitrogen and oxygen atoms in total. The molecule has 0 aromatic heterocycles. The van der Waals surface area contributed by atoms with Crippen molar-refractivity contribution in [1.29, 1.82) is 0 Å². The van der Waals surface area contributed by atoms with E-state index in [4.69, 9.17) is 0 Å². The fourth-order valence-corrected chi connectivity index (χ4v) is 5.51. The average molecular weight is 410 g/mol. The number of allylic oxidation sites excluding steroid dienone is 1. The Morgan fingerprint density at radius 3 is 2.17 bits per heavy atom. The van der Waals surface area contributed by atoms with E-state index in [1.165, 1.54) is 40.7 Å². The molecule has 4 rings (SSSR count). The summed E-state index contributed by atoms with van der Waals surface area (Å²) in [7, 11) is -4.20. The molecule has 0 fully saturated rings. The Morgan fingerprint density at radius 2 is 1.55 bits per heavy atom. The van der Waals surface area contributed by atoms with Gasteiger partial charge in [-0.1, -0.05) is 52.0 Å². The van der Waals surface area contributed by atoms with Crippen LogP contribution in [0.3, 0.4) is 0 Å². The molecule has 154 valence electrons. The van der Waals surface area contributed by atoms with Crippen LogP contribution < -0.4 is 5.30 Å². The minimum atomic E-state index is -4.20. The first-order chi connectivity index (χ1) is 13.4. The molecule has 0 saturated heterocycles. The summed E-state index contributed by atoms with van der Waals surface area (Å²) in [5, 5.41) is 0.117. The predicted molar refractivity (Wildman–Crippen MR) is 121 cm³/mol. The molecule has 2 aliphatic carbocycles. The summed E-state index contributed by atoms with van der Waals surface area (Å²) in [6.45, 7) is 11.6. The van der Waals surface area contributed by atoms with Crippen LogP contribution in [0.25, 0.3) is 11.6 Å². The first kappa shape index (κ1) is 20.6. The summed E-state index contributed by atoms with van der Waals surface area (Å²) >= 11 is 0. The molecular formula is C25H31O3P. The minimum absolute atomic E-state index is 0.117. The van der Waals surface area contributed by atoms with E-state index in [9.17, 15) is 14.4 Å². The lowest BCUT2D eigenvalue weighted by atomic mass is 9.62. The van der Waals surface area contributed by atoms with Gasteiger partial charge in [0.05, 0.1) is 5.30 Å². The fourth-order valence-electron chi connectivity index (χ4n) is 4.92. The van der Waals surface area contributed by atoms with Crippen molar-refractivity contribution in [3.05, 3.63) is 63.7 Å². The molecule has 0 heterocycles. The molecule has 2 N–H and O–H groups in total. The number of fused-ring (bicyclic) bond motifs is 2. The largest absolute Gasteiger partial charge is 0.356 e. The molecule has 0 atom stereocenters. The number of rotatable bonds is 2. The van der Waals surface area contributed by atoms with Gasteiger partial charge in [0, 0.05) is 0 Å². The Kier molecular flexibility index (Phi) is 4.74. The van der Waals surface area contributed by atoms with Crippen LogP contribution in [-0.4, -0.2) is 9.79 Å². The Hall–Kier alpha value is -1.67. The van der Waals surface area contributed by atoms with Crippen LogP contribution in [0.1, 0.15) is 80.3 Å². The lowest BCUT2D eigenvalue weighted by Gasteiger charge is -2.42. The van der Waals surface area contributed by atoms with Gasteiger partial charge in [-0.2, -0.15) is 0 Å². The zero-order valence-corrected chi connectivity index (χ0v) is 18.9. The van der Waals surface area contributed by atoms with Crippen LogP contribution in [0, 0.1) is 6.92 Å². The van der Waals surface area contributed by atoms with Crippen LogP contribution >= 0.6 is 7.60 Å². The zero-order chi connectivity index (χ0) is 21.2. The van der Waals surface area contributed by atoms with Crippen molar-refractivity contribution in [1.82, 2.24) is 0 Å². The fraction of sp³-hybridized carbons (Fsp3) is 0.440. The van der Waals surface area contributed by atoms with Crippen LogP contribution in [0.4, 0.5) is 0 Å². The van der Waals surface area contributed by atoms with Crippen LogP contribution in [0.2, 0.25) is 0 Å². The van der Waals surface area contributed by atoms with Crippen molar-refractivity contribution in [2.24, 2.45) is 0 Å². The SMILES string of the molecule is Cc1cc2c(cc1/C=C1\CCc3cc(P(=O)(O)O)ccc31)C(C)(C)CCC2(C)C. The van der Waals surface area contributed by atoms with E-state index in [0.717, 1.165) is 24.0 Å². The van der Waals surface area contributed by atoms with Crippen molar-refractivity contribution in [3.8, 4) is 0 Å². The summed E-state index contributed by atoms with van der Waals surface area (Å²) in [5.74, 6) is 0. The highest BCUT2D eigenvalue weighted by Gasteiger charge is 2.37. The van der Waals surface area contributed by atoms with Crippen LogP contribution in [-0.2, 0) is 21.8 Å². The molecular weight excluding hydrogens is 379 g/mol. The minimum Gasteiger partial charge on any atom is -0.321 e. The van der Waals surface area contributed by atoms with E-state index in [-0.39, 0.29) is 16.1 Å². The van der Waals surface area contributed by atoms with Gasteiger partial charge in [0.2, 0.25) is 0 Å².